The van der Waals surface area contributed by atoms with E-state index in [1.54, 1.807) is 0 Å². The van der Waals surface area contributed by atoms with Gasteiger partial charge in [0.15, 0.2) is 0 Å². The second kappa shape index (κ2) is 16.0. The van der Waals surface area contributed by atoms with Crippen LogP contribution in [0.5, 0.6) is 0 Å². The summed E-state index contributed by atoms with van der Waals surface area (Å²) < 4.78 is 4.91. The molecular formula is C14H25NaO4. The summed E-state index contributed by atoms with van der Waals surface area (Å²) in [5.41, 5.74) is 0. The van der Waals surface area contributed by atoms with Crippen molar-refractivity contribution in [2.75, 3.05) is 6.61 Å². The summed E-state index contributed by atoms with van der Waals surface area (Å²) in [6.07, 6.45) is 9.21. The van der Waals surface area contributed by atoms with E-state index < -0.39 is 11.9 Å². The number of carboxylic acids is 1. The van der Waals surface area contributed by atoms with Crippen molar-refractivity contribution >= 4 is 11.9 Å². The average molecular weight is 280 g/mol. The Morgan fingerprint density at radius 2 is 1.42 bits per heavy atom. The van der Waals surface area contributed by atoms with E-state index in [9.17, 15) is 14.7 Å². The van der Waals surface area contributed by atoms with Crippen LogP contribution in [0.25, 0.3) is 0 Å². The van der Waals surface area contributed by atoms with Gasteiger partial charge in [-0.1, -0.05) is 51.9 Å². The Balaban J connectivity index is 0. The number of unbranched alkanes of at least 4 members (excludes halogenated alkanes) is 7. The Morgan fingerprint density at radius 1 is 0.895 bits per heavy atom. The number of rotatable bonds is 12. The van der Waals surface area contributed by atoms with Crippen molar-refractivity contribution in [3.8, 4) is 0 Å². The second-order valence-electron chi connectivity index (χ2n) is 4.57. The average Bonchev–Trinajstić information content (AvgIpc) is 2.34. The molecule has 0 aliphatic rings. The largest absolute Gasteiger partial charge is 1.00 e. The molecule has 0 spiro atoms. The minimum Gasteiger partial charge on any atom is -0.550 e. The van der Waals surface area contributed by atoms with Crippen LogP contribution in [0.4, 0.5) is 0 Å². The summed E-state index contributed by atoms with van der Waals surface area (Å²) in [5, 5.41) is 10.1. The van der Waals surface area contributed by atoms with Crippen LogP contribution < -0.4 is 34.7 Å². The zero-order chi connectivity index (χ0) is 13.6. The summed E-state index contributed by atoms with van der Waals surface area (Å²) in [6, 6.07) is 0. The molecule has 0 bridgehead atoms. The van der Waals surface area contributed by atoms with Gasteiger partial charge in [-0.2, -0.15) is 0 Å². The standard InChI is InChI=1S/C14H26O4.Na/c1-2-3-4-5-6-7-8-9-12-18-14(17)11-10-13(15)16;/h2-12H2,1H3,(H,15,16);/q;+1/p-1. The molecule has 0 rings (SSSR count). The fourth-order valence-electron chi connectivity index (χ4n) is 1.70. The number of hydrogen-bond donors (Lipinski definition) is 0. The third kappa shape index (κ3) is 17.9. The predicted molar refractivity (Wildman–Crippen MR) is 67.8 cm³/mol. The van der Waals surface area contributed by atoms with Crippen molar-refractivity contribution in [3.05, 3.63) is 0 Å². The van der Waals surface area contributed by atoms with E-state index in [-0.39, 0.29) is 42.4 Å². The van der Waals surface area contributed by atoms with E-state index >= 15 is 0 Å². The van der Waals surface area contributed by atoms with E-state index in [1.807, 2.05) is 0 Å². The molecular weight excluding hydrogens is 255 g/mol. The Bertz CT molecular complexity index is 231. The molecule has 5 heteroatoms. The molecule has 0 amide bonds. The summed E-state index contributed by atoms with van der Waals surface area (Å²) >= 11 is 0. The van der Waals surface area contributed by atoms with Crippen LogP contribution >= 0.6 is 0 Å². The molecule has 106 valence electrons. The van der Waals surface area contributed by atoms with Gasteiger partial charge in [0, 0.05) is 5.97 Å². The van der Waals surface area contributed by atoms with Crippen molar-refractivity contribution in [2.24, 2.45) is 0 Å². The maximum absolute atomic E-state index is 11.0. The molecule has 0 aliphatic carbocycles. The smallest absolute Gasteiger partial charge is 0.550 e. The molecule has 0 aromatic heterocycles. The van der Waals surface area contributed by atoms with Gasteiger partial charge in [-0.15, -0.1) is 0 Å². The van der Waals surface area contributed by atoms with Crippen LogP contribution in [-0.4, -0.2) is 18.5 Å². The van der Waals surface area contributed by atoms with Crippen LogP contribution in [0.2, 0.25) is 0 Å². The minimum atomic E-state index is -1.21. The van der Waals surface area contributed by atoms with Crippen LogP contribution in [-0.2, 0) is 14.3 Å². The molecule has 0 aliphatic heterocycles. The van der Waals surface area contributed by atoms with Crippen molar-refractivity contribution in [2.45, 2.75) is 71.1 Å². The number of carbonyl (C=O) groups excluding carboxylic acids is 2. The summed E-state index contributed by atoms with van der Waals surface area (Å²) in [6.45, 7) is 2.61. The first-order valence-electron chi connectivity index (χ1n) is 7.02. The molecule has 0 unspecified atom stereocenters. The van der Waals surface area contributed by atoms with Crippen molar-refractivity contribution in [1.82, 2.24) is 0 Å². The van der Waals surface area contributed by atoms with Gasteiger partial charge in [0.05, 0.1) is 13.0 Å². The number of carbonyl (C=O) groups is 2. The maximum atomic E-state index is 11.0. The first-order chi connectivity index (χ1) is 8.66. The first kappa shape index (κ1) is 21.2. The van der Waals surface area contributed by atoms with E-state index in [2.05, 4.69) is 6.92 Å². The quantitative estimate of drug-likeness (QED) is 0.267. The fourth-order valence-corrected chi connectivity index (χ4v) is 1.70. The number of ether oxygens (including phenoxy) is 1. The molecule has 0 radical (unpaired) electrons. The molecule has 0 saturated carbocycles. The predicted octanol–water partition coefficient (Wildman–Crippen LogP) is -0.796. The van der Waals surface area contributed by atoms with Crippen LogP contribution in [0, 0.1) is 0 Å². The summed E-state index contributed by atoms with van der Waals surface area (Å²) in [5.74, 6) is -1.65. The van der Waals surface area contributed by atoms with Gasteiger partial charge in [0.1, 0.15) is 0 Å². The molecule has 0 N–H and O–H groups in total. The molecule has 4 nitrogen and oxygen atoms in total. The molecule has 19 heavy (non-hydrogen) atoms. The van der Waals surface area contributed by atoms with E-state index in [4.69, 9.17) is 4.74 Å². The van der Waals surface area contributed by atoms with E-state index in [0.29, 0.717) is 6.61 Å². The van der Waals surface area contributed by atoms with Crippen molar-refractivity contribution < 1.29 is 49.0 Å². The number of hydrogen-bond acceptors (Lipinski definition) is 4. The Morgan fingerprint density at radius 3 is 1.95 bits per heavy atom. The van der Waals surface area contributed by atoms with Crippen molar-refractivity contribution in [1.29, 1.82) is 0 Å². The molecule has 0 atom stereocenters. The van der Waals surface area contributed by atoms with Crippen molar-refractivity contribution in [3.63, 3.8) is 0 Å². The van der Waals surface area contributed by atoms with Crippen LogP contribution in [0.1, 0.15) is 71.1 Å². The van der Waals surface area contributed by atoms with Gasteiger partial charge in [-0.3, -0.25) is 4.79 Å². The summed E-state index contributed by atoms with van der Waals surface area (Å²) in [4.78, 5) is 21.1. The third-order valence-corrected chi connectivity index (χ3v) is 2.79. The van der Waals surface area contributed by atoms with Gasteiger partial charge >= 0.3 is 35.5 Å². The van der Waals surface area contributed by atoms with Gasteiger partial charge < -0.3 is 14.6 Å². The van der Waals surface area contributed by atoms with E-state index in [0.717, 1.165) is 12.8 Å². The van der Waals surface area contributed by atoms with Gasteiger partial charge in [0.2, 0.25) is 0 Å². The van der Waals surface area contributed by atoms with E-state index in [1.165, 1.54) is 38.5 Å². The zero-order valence-electron chi connectivity index (χ0n) is 12.4. The van der Waals surface area contributed by atoms with Gasteiger partial charge in [-0.25, -0.2) is 0 Å². The number of carboxylic acid groups (broad SMARTS) is 1. The van der Waals surface area contributed by atoms with Gasteiger partial charge in [0.25, 0.3) is 0 Å². The molecule has 0 heterocycles. The molecule has 0 aromatic rings. The molecule has 0 fully saturated rings. The van der Waals surface area contributed by atoms with Gasteiger partial charge in [-0.05, 0) is 12.8 Å². The normalized spacial score (nSPS) is 9.74. The Hall–Kier alpha value is -0.0600. The van der Waals surface area contributed by atoms with Crippen LogP contribution in [0.3, 0.4) is 0 Å². The summed E-state index contributed by atoms with van der Waals surface area (Å²) in [7, 11) is 0. The molecule has 0 aromatic carbocycles. The molecule has 0 saturated heterocycles. The first-order valence-corrected chi connectivity index (χ1v) is 7.02. The zero-order valence-corrected chi connectivity index (χ0v) is 14.4. The SMILES string of the molecule is CCCCCCCCCCOC(=O)CCC(=O)[O-].[Na+]. The number of esters is 1. The van der Waals surface area contributed by atoms with Crippen LogP contribution in [0.15, 0.2) is 0 Å². The monoisotopic (exact) mass is 280 g/mol. The fraction of sp³-hybridized carbons (Fsp3) is 0.857. The minimum absolute atomic E-state index is 0. The second-order valence-corrected chi connectivity index (χ2v) is 4.57. The Kier molecular flexibility index (Phi) is 17.9. The Labute approximate surface area is 138 Å². The third-order valence-electron chi connectivity index (χ3n) is 2.79. The number of aliphatic carboxylic acids is 1. The topological polar surface area (TPSA) is 66.4 Å². The maximum Gasteiger partial charge on any atom is 1.00 e.